The van der Waals surface area contributed by atoms with Crippen molar-refractivity contribution in [2.45, 2.75) is 19.5 Å². The van der Waals surface area contributed by atoms with E-state index in [4.69, 9.17) is 9.47 Å². The predicted octanol–water partition coefficient (Wildman–Crippen LogP) is 0.456. The number of hydrogen-bond acceptors (Lipinski definition) is 5. The number of likely N-dealkylation sites (N-methyl/N-ethyl adjacent to an activating group) is 1. The first-order valence-corrected chi connectivity index (χ1v) is 8.70. The lowest BCUT2D eigenvalue weighted by Gasteiger charge is -2.26. The molecule has 1 aromatic heterocycles. The van der Waals surface area contributed by atoms with Crippen LogP contribution in [0.4, 0.5) is 0 Å². The van der Waals surface area contributed by atoms with Gasteiger partial charge in [-0.1, -0.05) is 0 Å². The summed E-state index contributed by atoms with van der Waals surface area (Å²) in [7, 11) is 3.50. The molecule has 3 heterocycles. The third-order valence-corrected chi connectivity index (χ3v) is 4.76. The van der Waals surface area contributed by atoms with Crippen LogP contribution in [-0.4, -0.2) is 79.1 Å². The third-order valence-electron chi connectivity index (χ3n) is 4.76. The Morgan fingerprint density at radius 2 is 2.29 bits per heavy atom. The molecule has 0 radical (unpaired) electrons. The minimum atomic E-state index is 0.00311. The summed E-state index contributed by atoms with van der Waals surface area (Å²) < 4.78 is 13.3. The number of amides is 1. The van der Waals surface area contributed by atoms with Gasteiger partial charge in [-0.05, 0) is 18.4 Å². The van der Waals surface area contributed by atoms with Gasteiger partial charge in [-0.2, -0.15) is 5.10 Å². The second kappa shape index (κ2) is 8.09. The highest BCUT2D eigenvalue weighted by molar-refractivity contribution is 5.76. The molecule has 3 rings (SSSR count). The van der Waals surface area contributed by atoms with Gasteiger partial charge in [-0.15, -0.1) is 0 Å². The maximum absolute atomic E-state index is 11.7. The van der Waals surface area contributed by atoms with E-state index in [1.54, 1.807) is 19.0 Å². The lowest BCUT2D eigenvalue weighted by molar-refractivity contribution is -0.134. The van der Waals surface area contributed by atoms with E-state index in [0.717, 1.165) is 45.8 Å². The average Bonchev–Trinajstić information content (AvgIpc) is 3.16. The van der Waals surface area contributed by atoms with E-state index in [0.29, 0.717) is 18.4 Å². The first kappa shape index (κ1) is 17.4. The molecule has 24 heavy (non-hydrogen) atoms. The number of carbonyl (C=O) groups is 1. The Kier molecular flexibility index (Phi) is 5.86. The first-order chi connectivity index (χ1) is 11.6. The molecule has 7 heteroatoms. The highest BCUT2D eigenvalue weighted by Gasteiger charge is 2.26. The van der Waals surface area contributed by atoms with Gasteiger partial charge in [0.05, 0.1) is 18.9 Å². The third kappa shape index (κ3) is 4.55. The number of fused-ring (bicyclic) bond motifs is 1. The largest absolute Gasteiger partial charge is 0.381 e. The van der Waals surface area contributed by atoms with E-state index < -0.39 is 0 Å². The molecule has 1 aromatic rings. The molecule has 2 aliphatic rings. The van der Waals surface area contributed by atoms with Crippen molar-refractivity contribution in [2.75, 3.05) is 53.6 Å². The van der Waals surface area contributed by atoms with Crippen LogP contribution in [-0.2, 0) is 27.4 Å². The van der Waals surface area contributed by atoms with Crippen LogP contribution >= 0.6 is 0 Å². The molecule has 2 atom stereocenters. The van der Waals surface area contributed by atoms with E-state index in [9.17, 15) is 4.79 Å². The molecule has 2 aliphatic heterocycles. The van der Waals surface area contributed by atoms with Gasteiger partial charge < -0.3 is 14.4 Å². The molecule has 134 valence electrons. The van der Waals surface area contributed by atoms with E-state index in [1.165, 1.54) is 5.69 Å². The Morgan fingerprint density at radius 3 is 3.04 bits per heavy atom. The summed E-state index contributed by atoms with van der Waals surface area (Å²) in [4.78, 5) is 15.7. The fourth-order valence-corrected chi connectivity index (χ4v) is 3.40. The number of nitrogens with zero attached hydrogens (tertiary/aromatic N) is 4. The van der Waals surface area contributed by atoms with Gasteiger partial charge in [0.1, 0.15) is 6.61 Å². The molecule has 0 N–H and O–H groups in total. The van der Waals surface area contributed by atoms with Gasteiger partial charge in [-0.3, -0.25) is 14.4 Å². The zero-order chi connectivity index (χ0) is 16.9. The van der Waals surface area contributed by atoms with Gasteiger partial charge in [0, 0.05) is 59.0 Å². The molecular formula is C17H28N4O3. The predicted molar refractivity (Wildman–Crippen MR) is 89.4 cm³/mol. The summed E-state index contributed by atoms with van der Waals surface area (Å²) in [6.45, 7) is 6.26. The van der Waals surface area contributed by atoms with Crippen molar-refractivity contribution in [1.29, 1.82) is 0 Å². The standard InChI is InChI=1S/C17H28N4O3/c1-19(2)17(22)13-24-12-15-8-20(7-14-4-6-23-11-14)10-16-3-5-18-21(16)9-15/h3,5,14-15H,4,6-13H2,1-2H3/t14-,15-/m0/s1. The first-order valence-electron chi connectivity index (χ1n) is 8.70. The van der Waals surface area contributed by atoms with E-state index >= 15 is 0 Å². The smallest absolute Gasteiger partial charge is 0.248 e. The molecule has 0 spiro atoms. The number of hydrogen-bond donors (Lipinski definition) is 0. The van der Waals surface area contributed by atoms with Gasteiger partial charge in [0.25, 0.3) is 0 Å². The lowest BCUT2D eigenvalue weighted by atomic mass is 10.1. The Hall–Kier alpha value is -1.44. The van der Waals surface area contributed by atoms with Crippen molar-refractivity contribution >= 4 is 5.91 Å². The molecule has 0 bridgehead atoms. The highest BCUT2D eigenvalue weighted by Crippen LogP contribution is 2.20. The molecule has 0 saturated carbocycles. The van der Waals surface area contributed by atoms with E-state index in [2.05, 4.69) is 20.7 Å². The average molecular weight is 336 g/mol. The van der Waals surface area contributed by atoms with Crippen molar-refractivity contribution < 1.29 is 14.3 Å². The van der Waals surface area contributed by atoms with Crippen LogP contribution in [0, 0.1) is 11.8 Å². The Labute approximate surface area is 143 Å². The van der Waals surface area contributed by atoms with Crippen molar-refractivity contribution in [3.05, 3.63) is 18.0 Å². The molecule has 1 fully saturated rings. The van der Waals surface area contributed by atoms with Crippen LogP contribution in [0.25, 0.3) is 0 Å². The summed E-state index contributed by atoms with van der Waals surface area (Å²) in [5, 5.41) is 4.44. The maximum Gasteiger partial charge on any atom is 0.248 e. The summed E-state index contributed by atoms with van der Waals surface area (Å²) in [5.74, 6) is 0.961. The van der Waals surface area contributed by atoms with E-state index in [-0.39, 0.29) is 12.5 Å². The number of carbonyl (C=O) groups excluding carboxylic acids is 1. The molecule has 0 aliphatic carbocycles. The fraction of sp³-hybridized carbons (Fsp3) is 0.765. The Bertz CT molecular complexity index is 540. The number of rotatable bonds is 6. The normalized spacial score (nSPS) is 24.6. The van der Waals surface area contributed by atoms with Gasteiger partial charge in [0.15, 0.2) is 0 Å². The molecule has 0 aromatic carbocycles. The van der Waals surface area contributed by atoms with Crippen LogP contribution in [0.15, 0.2) is 12.3 Å². The van der Waals surface area contributed by atoms with Crippen molar-refractivity contribution in [1.82, 2.24) is 19.6 Å². The van der Waals surface area contributed by atoms with Crippen molar-refractivity contribution in [2.24, 2.45) is 11.8 Å². The van der Waals surface area contributed by atoms with Crippen LogP contribution in [0.5, 0.6) is 0 Å². The maximum atomic E-state index is 11.7. The molecular weight excluding hydrogens is 308 g/mol. The van der Waals surface area contributed by atoms with Crippen molar-refractivity contribution in [3.8, 4) is 0 Å². The summed E-state index contributed by atoms with van der Waals surface area (Å²) >= 11 is 0. The van der Waals surface area contributed by atoms with Crippen LogP contribution in [0.3, 0.4) is 0 Å². The van der Waals surface area contributed by atoms with Crippen molar-refractivity contribution in [3.63, 3.8) is 0 Å². The molecule has 7 nitrogen and oxygen atoms in total. The SMILES string of the molecule is CN(C)C(=O)COC[C@H]1CN(C[C@@H]2CCOC2)Cc2ccnn2C1. The van der Waals surface area contributed by atoms with Gasteiger partial charge in [0.2, 0.25) is 5.91 Å². The summed E-state index contributed by atoms with van der Waals surface area (Å²) in [6.07, 6.45) is 3.01. The molecule has 0 unspecified atom stereocenters. The fourth-order valence-electron chi connectivity index (χ4n) is 3.40. The Morgan fingerprint density at radius 1 is 1.42 bits per heavy atom. The van der Waals surface area contributed by atoms with Gasteiger partial charge >= 0.3 is 0 Å². The molecule has 1 saturated heterocycles. The topological polar surface area (TPSA) is 59.8 Å². The zero-order valence-corrected chi connectivity index (χ0v) is 14.7. The molecule has 1 amide bonds. The minimum absolute atomic E-state index is 0.00311. The van der Waals surface area contributed by atoms with Crippen LogP contribution in [0.2, 0.25) is 0 Å². The second-order valence-electron chi connectivity index (χ2n) is 7.10. The quantitative estimate of drug-likeness (QED) is 0.755. The zero-order valence-electron chi connectivity index (χ0n) is 14.7. The minimum Gasteiger partial charge on any atom is -0.381 e. The van der Waals surface area contributed by atoms with Crippen LogP contribution in [0.1, 0.15) is 12.1 Å². The lowest BCUT2D eigenvalue weighted by Crippen LogP contribution is -2.35. The number of ether oxygens (including phenoxy) is 2. The second-order valence-corrected chi connectivity index (χ2v) is 7.10. The summed E-state index contributed by atoms with van der Waals surface area (Å²) in [6, 6.07) is 2.09. The summed E-state index contributed by atoms with van der Waals surface area (Å²) in [5.41, 5.74) is 1.25. The number of aromatic nitrogens is 2. The Balaban J connectivity index is 1.57. The van der Waals surface area contributed by atoms with E-state index in [1.807, 2.05) is 6.20 Å². The monoisotopic (exact) mass is 336 g/mol. The van der Waals surface area contributed by atoms with Gasteiger partial charge in [-0.25, -0.2) is 0 Å². The van der Waals surface area contributed by atoms with Crippen LogP contribution < -0.4 is 0 Å². The highest BCUT2D eigenvalue weighted by atomic mass is 16.5.